The molecule has 0 unspecified atom stereocenters. The molecular formula is C14H15N3O2. The van der Waals surface area contributed by atoms with Gasteiger partial charge in [0.1, 0.15) is 6.04 Å². The Morgan fingerprint density at radius 1 is 1.32 bits per heavy atom. The lowest BCUT2D eigenvalue weighted by molar-refractivity contribution is -0.129. The van der Waals surface area contributed by atoms with Crippen LogP contribution in [0.25, 0.3) is 0 Å². The van der Waals surface area contributed by atoms with E-state index < -0.39 is 0 Å². The first-order chi connectivity index (χ1) is 9.24. The lowest BCUT2D eigenvalue weighted by atomic mass is 10.2. The van der Waals surface area contributed by atoms with E-state index in [-0.39, 0.29) is 11.9 Å². The van der Waals surface area contributed by atoms with Crippen LogP contribution in [-0.4, -0.2) is 21.0 Å². The molecule has 2 aromatic rings. The molecule has 19 heavy (non-hydrogen) atoms. The number of benzene rings is 1. The Bertz CT molecular complexity index is 579. The highest BCUT2D eigenvalue weighted by molar-refractivity contribution is 5.78. The average molecular weight is 257 g/mol. The van der Waals surface area contributed by atoms with Crippen LogP contribution in [0.3, 0.4) is 0 Å². The van der Waals surface area contributed by atoms with Crippen LogP contribution in [-0.2, 0) is 11.3 Å². The molecule has 1 atom stereocenters. The lowest BCUT2D eigenvalue weighted by Gasteiger charge is -2.22. The number of nitrogens with zero attached hydrogens (tertiary/aromatic N) is 3. The first kappa shape index (κ1) is 11.9. The Morgan fingerprint density at radius 2 is 2.11 bits per heavy atom. The molecule has 0 spiro atoms. The number of aromatic nitrogens is 2. The summed E-state index contributed by atoms with van der Waals surface area (Å²) in [5.41, 5.74) is 1.11. The summed E-state index contributed by atoms with van der Waals surface area (Å²) in [5.74, 6) is 1.22. The van der Waals surface area contributed by atoms with E-state index >= 15 is 0 Å². The second-order valence-corrected chi connectivity index (χ2v) is 4.72. The molecule has 1 amide bonds. The van der Waals surface area contributed by atoms with Crippen molar-refractivity contribution in [2.45, 2.75) is 32.4 Å². The smallest absolute Gasteiger partial charge is 0.238 e. The molecule has 1 fully saturated rings. The quantitative estimate of drug-likeness (QED) is 0.846. The van der Waals surface area contributed by atoms with E-state index in [2.05, 4.69) is 10.2 Å². The third-order valence-corrected chi connectivity index (χ3v) is 3.35. The highest BCUT2D eigenvalue weighted by atomic mass is 16.4. The van der Waals surface area contributed by atoms with Gasteiger partial charge in [0.25, 0.3) is 0 Å². The molecule has 1 aliphatic rings. The summed E-state index contributed by atoms with van der Waals surface area (Å²) in [7, 11) is 0. The minimum Gasteiger partial charge on any atom is -0.423 e. The van der Waals surface area contributed by atoms with Gasteiger partial charge >= 0.3 is 0 Å². The Kier molecular flexibility index (Phi) is 3.03. The zero-order valence-corrected chi connectivity index (χ0v) is 10.7. The van der Waals surface area contributed by atoms with Gasteiger partial charge in [0.05, 0.1) is 0 Å². The van der Waals surface area contributed by atoms with E-state index in [0.29, 0.717) is 24.7 Å². The van der Waals surface area contributed by atoms with Gasteiger partial charge in [-0.25, -0.2) is 0 Å². The van der Waals surface area contributed by atoms with E-state index in [9.17, 15) is 4.79 Å². The van der Waals surface area contributed by atoms with E-state index in [0.717, 1.165) is 12.0 Å². The van der Waals surface area contributed by atoms with Gasteiger partial charge in [-0.1, -0.05) is 30.3 Å². The molecule has 3 rings (SSSR count). The summed E-state index contributed by atoms with van der Waals surface area (Å²) in [6.45, 7) is 2.35. The van der Waals surface area contributed by atoms with Crippen LogP contribution < -0.4 is 0 Å². The number of amides is 1. The van der Waals surface area contributed by atoms with Gasteiger partial charge in [-0.15, -0.1) is 10.2 Å². The van der Waals surface area contributed by atoms with Crippen molar-refractivity contribution in [3.05, 3.63) is 47.7 Å². The van der Waals surface area contributed by atoms with E-state index in [1.807, 2.05) is 35.2 Å². The van der Waals surface area contributed by atoms with Gasteiger partial charge in [-0.2, -0.15) is 0 Å². The van der Waals surface area contributed by atoms with Crippen LogP contribution in [0.4, 0.5) is 0 Å². The fourth-order valence-electron chi connectivity index (χ4n) is 2.42. The van der Waals surface area contributed by atoms with Crippen LogP contribution in [0.2, 0.25) is 0 Å². The molecule has 98 valence electrons. The fourth-order valence-corrected chi connectivity index (χ4v) is 2.42. The van der Waals surface area contributed by atoms with Crippen LogP contribution in [0, 0.1) is 6.92 Å². The fraction of sp³-hybridized carbons (Fsp3) is 0.357. The molecule has 0 aliphatic carbocycles. The second kappa shape index (κ2) is 4.84. The predicted molar refractivity (Wildman–Crippen MR) is 68.0 cm³/mol. The number of aryl methyl sites for hydroxylation is 1. The number of carbonyl (C=O) groups is 1. The number of likely N-dealkylation sites (tertiary alicyclic amines) is 1. The first-order valence-electron chi connectivity index (χ1n) is 6.37. The van der Waals surface area contributed by atoms with E-state index in [4.69, 9.17) is 4.42 Å². The third-order valence-electron chi connectivity index (χ3n) is 3.35. The highest BCUT2D eigenvalue weighted by Gasteiger charge is 2.35. The van der Waals surface area contributed by atoms with Gasteiger partial charge in [-0.05, 0) is 12.0 Å². The molecule has 1 aliphatic heterocycles. The van der Waals surface area contributed by atoms with Crippen molar-refractivity contribution < 1.29 is 9.21 Å². The number of carbonyl (C=O) groups excluding carboxylic acids is 1. The average Bonchev–Trinajstić information content (AvgIpc) is 2.99. The SMILES string of the molecule is Cc1nnc([C@@H]2CCC(=O)N2Cc2ccccc2)o1. The van der Waals surface area contributed by atoms with Gasteiger partial charge in [0, 0.05) is 19.9 Å². The maximum Gasteiger partial charge on any atom is 0.238 e. The minimum absolute atomic E-state index is 0.0890. The summed E-state index contributed by atoms with van der Waals surface area (Å²) in [4.78, 5) is 13.8. The van der Waals surface area contributed by atoms with Crippen molar-refractivity contribution in [2.24, 2.45) is 0 Å². The molecule has 5 heteroatoms. The molecule has 1 saturated heterocycles. The van der Waals surface area contributed by atoms with Crippen molar-refractivity contribution in [2.75, 3.05) is 0 Å². The normalized spacial score (nSPS) is 19.1. The third kappa shape index (κ3) is 2.36. The molecule has 1 aromatic carbocycles. The van der Waals surface area contributed by atoms with Crippen LogP contribution in [0.1, 0.15) is 36.2 Å². The van der Waals surface area contributed by atoms with Gasteiger partial charge in [0.15, 0.2) is 0 Å². The minimum atomic E-state index is -0.0890. The molecule has 0 N–H and O–H groups in total. The second-order valence-electron chi connectivity index (χ2n) is 4.72. The van der Waals surface area contributed by atoms with Crippen LogP contribution >= 0.6 is 0 Å². The summed E-state index contributed by atoms with van der Waals surface area (Å²) >= 11 is 0. The Balaban J connectivity index is 1.83. The number of hydrogen-bond acceptors (Lipinski definition) is 4. The van der Waals surface area contributed by atoms with Gasteiger partial charge < -0.3 is 9.32 Å². The Hall–Kier alpha value is -2.17. The maximum absolute atomic E-state index is 12.0. The maximum atomic E-state index is 12.0. The zero-order chi connectivity index (χ0) is 13.2. The molecule has 1 aromatic heterocycles. The molecule has 0 bridgehead atoms. The lowest BCUT2D eigenvalue weighted by Crippen LogP contribution is -2.27. The largest absolute Gasteiger partial charge is 0.423 e. The first-order valence-corrected chi connectivity index (χ1v) is 6.37. The topological polar surface area (TPSA) is 59.2 Å². The van der Waals surface area contributed by atoms with Crippen LogP contribution in [0.5, 0.6) is 0 Å². The van der Waals surface area contributed by atoms with Gasteiger partial charge in [-0.3, -0.25) is 4.79 Å². The Morgan fingerprint density at radius 3 is 2.79 bits per heavy atom. The highest BCUT2D eigenvalue weighted by Crippen LogP contribution is 2.33. The summed E-state index contributed by atoms with van der Waals surface area (Å²) in [6.07, 6.45) is 1.28. The molecule has 0 radical (unpaired) electrons. The van der Waals surface area contributed by atoms with Crippen molar-refractivity contribution in [3.63, 3.8) is 0 Å². The zero-order valence-electron chi connectivity index (χ0n) is 10.7. The van der Waals surface area contributed by atoms with Gasteiger partial charge in [0.2, 0.25) is 17.7 Å². The number of rotatable bonds is 3. The summed E-state index contributed by atoms with van der Waals surface area (Å²) in [5, 5.41) is 7.89. The van der Waals surface area contributed by atoms with Crippen LogP contribution in [0.15, 0.2) is 34.7 Å². The summed E-state index contributed by atoms with van der Waals surface area (Å²) in [6, 6.07) is 9.86. The molecule has 0 saturated carbocycles. The van der Waals surface area contributed by atoms with Crippen molar-refractivity contribution >= 4 is 5.91 Å². The van der Waals surface area contributed by atoms with Crippen molar-refractivity contribution in [1.82, 2.24) is 15.1 Å². The predicted octanol–water partition coefficient (Wildman–Crippen LogP) is 2.24. The van der Waals surface area contributed by atoms with E-state index in [1.165, 1.54) is 0 Å². The number of hydrogen-bond donors (Lipinski definition) is 0. The Labute approximate surface area is 111 Å². The standard InChI is InChI=1S/C14H15N3O2/c1-10-15-16-14(19-10)12-7-8-13(18)17(12)9-11-5-3-2-4-6-11/h2-6,12H,7-9H2,1H3/t12-/m0/s1. The van der Waals surface area contributed by atoms with Crippen molar-refractivity contribution in [1.29, 1.82) is 0 Å². The molecular weight excluding hydrogens is 242 g/mol. The monoisotopic (exact) mass is 257 g/mol. The van der Waals surface area contributed by atoms with Crippen molar-refractivity contribution in [3.8, 4) is 0 Å². The molecule has 2 heterocycles. The van der Waals surface area contributed by atoms with E-state index in [1.54, 1.807) is 6.92 Å². The summed E-state index contributed by atoms with van der Waals surface area (Å²) < 4.78 is 5.47. The molecule has 5 nitrogen and oxygen atoms in total.